The summed E-state index contributed by atoms with van der Waals surface area (Å²) in [4.78, 5) is 11.0. The number of hydrogen-bond donors (Lipinski definition) is 2. The molecular formula is C10H12ClNO3. The summed E-state index contributed by atoms with van der Waals surface area (Å²) in [6, 6.07) is 3.24. The molecule has 0 fully saturated rings. The van der Waals surface area contributed by atoms with Crippen molar-refractivity contribution in [1.29, 1.82) is 0 Å². The Labute approximate surface area is 92.8 Å². The molecule has 0 bridgehead atoms. The second-order valence-corrected chi connectivity index (χ2v) is 3.35. The van der Waals surface area contributed by atoms with Crippen molar-refractivity contribution in [2.24, 2.45) is 0 Å². The topological polar surface area (TPSA) is 58.6 Å². The van der Waals surface area contributed by atoms with E-state index in [9.17, 15) is 4.79 Å². The second-order valence-electron chi connectivity index (χ2n) is 2.94. The first kappa shape index (κ1) is 11.8. The molecule has 82 valence electrons. The quantitative estimate of drug-likeness (QED) is 0.831. The van der Waals surface area contributed by atoms with Crippen molar-refractivity contribution in [2.75, 3.05) is 12.4 Å². The van der Waals surface area contributed by atoms with Gasteiger partial charge in [-0.05, 0) is 12.1 Å². The maximum atomic E-state index is 11.0. The Morgan fingerprint density at radius 1 is 1.60 bits per heavy atom. The Hall–Kier alpha value is -1.26. The van der Waals surface area contributed by atoms with Crippen LogP contribution in [-0.4, -0.2) is 18.1 Å². The molecule has 0 aromatic heterocycles. The summed E-state index contributed by atoms with van der Waals surface area (Å²) >= 11 is 5.88. The molecule has 15 heavy (non-hydrogen) atoms. The van der Waals surface area contributed by atoms with Gasteiger partial charge in [0.2, 0.25) is 5.91 Å². The van der Waals surface area contributed by atoms with Crippen LogP contribution in [0.1, 0.15) is 12.5 Å². The Morgan fingerprint density at radius 2 is 2.27 bits per heavy atom. The first-order valence-corrected chi connectivity index (χ1v) is 4.71. The predicted octanol–water partition coefficient (Wildman–Crippen LogP) is 1.80. The zero-order chi connectivity index (χ0) is 11.4. The van der Waals surface area contributed by atoms with E-state index in [4.69, 9.17) is 21.4 Å². The van der Waals surface area contributed by atoms with Crippen molar-refractivity contribution in [3.05, 3.63) is 22.7 Å². The van der Waals surface area contributed by atoms with E-state index in [0.29, 0.717) is 22.0 Å². The van der Waals surface area contributed by atoms with Crippen molar-refractivity contribution < 1.29 is 14.6 Å². The summed E-state index contributed by atoms with van der Waals surface area (Å²) in [5, 5.41) is 12.1. The highest BCUT2D eigenvalue weighted by atomic mass is 35.5. The minimum atomic E-state index is -0.258. The number of aliphatic hydroxyl groups is 1. The molecule has 0 aliphatic rings. The highest BCUT2D eigenvalue weighted by Crippen LogP contribution is 2.33. The number of carbonyl (C=O) groups is 1. The average molecular weight is 230 g/mol. The highest BCUT2D eigenvalue weighted by molar-refractivity contribution is 6.32. The van der Waals surface area contributed by atoms with Gasteiger partial charge in [-0.1, -0.05) is 11.6 Å². The molecule has 0 heterocycles. The number of halogens is 1. The monoisotopic (exact) mass is 229 g/mol. The molecule has 0 radical (unpaired) electrons. The van der Waals surface area contributed by atoms with Crippen LogP contribution < -0.4 is 10.1 Å². The molecule has 5 heteroatoms. The van der Waals surface area contributed by atoms with Crippen LogP contribution in [0.4, 0.5) is 5.69 Å². The average Bonchev–Trinajstić information content (AvgIpc) is 2.18. The number of anilines is 1. The largest absolute Gasteiger partial charge is 0.495 e. The number of nitrogens with one attached hydrogen (secondary N) is 1. The first-order chi connectivity index (χ1) is 7.10. The smallest absolute Gasteiger partial charge is 0.221 e. The maximum Gasteiger partial charge on any atom is 0.221 e. The SMILES string of the molecule is COc1ccc(Cl)c(CO)c1NC(C)=O. The van der Waals surface area contributed by atoms with E-state index >= 15 is 0 Å². The van der Waals surface area contributed by atoms with Crippen molar-refractivity contribution in [3.8, 4) is 5.75 Å². The van der Waals surface area contributed by atoms with Gasteiger partial charge in [0.1, 0.15) is 5.75 Å². The third-order valence-electron chi connectivity index (χ3n) is 1.90. The van der Waals surface area contributed by atoms with Gasteiger partial charge in [0.15, 0.2) is 0 Å². The molecule has 1 rings (SSSR count). The van der Waals surface area contributed by atoms with Crippen LogP contribution in [0.3, 0.4) is 0 Å². The molecule has 1 aromatic rings. The molecule has 0 saturated carbocycles. The van der Waals surface area contributed by atoms with Gasteiger partial charge in [-0.3, -0.25) is 4.79 Å². The molecule has 1 amide bonds. The second kappa shape index (κ2) is 5.00. The molecule has 0 spiro atoms. The summed E-state index contributed by atoms with van der Waals surface area (Å²) < 4.78 is 5.06. The Kier molecular flexibility index (Phi) is 3.94. The number of methoxy groups -OCH3 is 1. The zero-order valence-electron chi connectivity index (χ0n) is 8.50. The van der Waals surface area contributed by atoms with Gasteiger partial charge >= 0.3 is 0 Å². The molecule has 4 nitrogen and oxygen atoms in total. The van der Waals surface area contributed by atoms with Gasteiger partial charge in [-0.15, -0.1) is 0 Å². The minimum absolute atomic E-state index is 0.245. The van der Waals surface area contributed by atoms with Crippen LogP contribution in [0.25, 0.3) is 0 Å². The Morgan fingerprint density at radius 3 is 2.73 bits per heavy atom. The molecule has 0 atom stereocenters. The summed E-state index contributed by atoms with van der Waals surface area (Å²) in [7, 11) is 1.48. The number of ether oxygens (including phenoxy) is 1. The van der Waals surface area contributed by atoms with E-state index in [1.54, 1.807) is 12.1 Å². The van der Waals surface area contributed by atoms with Crippen molar-refractivity contribution in [2.45, 2.75) is 13.5 Å². The van der Waals surface area contributed by atoms with Gasteiger partial charge < -0.3 is 15.2 Å². The molecule has 2 N–H and O–H groups in total. The normalized spacial score (nSPS) is 9.87. The number of rotatable bonds is 3. The lowest BCUT2D eigenvalue weighted by Crippen LogP contribution is -2.10. The van der Waals surface area contributed by atoms with Gasteiger partial charge in [0.05, 0.1) is 19.4 Å². The predicted molar refractivity (Wildman–Crippen MR) is 58.2 cm³/mol. The fourth-order valence-electron chi connectivity index (χ4n) is 1.24. The Bertz CT molecular complexity index is 379. The van der Waals surface area contributed by atoms with Crippen molar-refractivity contribution in [1.82, 2.24) is 0 Å². The van der Waals surface area contributed by atoms with E-state index in [0.717, 1.165) is 0 Å². The van der Waals surface area contributed by atoms with Crippen molar-refractivity contribution in [3.63, 3.8) is 0 Å². The zero-order valence-corrected chi connectivity index (χ0v) is 9.26. The maximum absolute atomic E-state index is 11.0. The fourth-order valence-corrected chi connectivity index (χ4v) is 1.46. The lowest BCUT2D eigenvalue weighted by molar-refractivity contribution is -0.114. The van der Waals surface area contributed by atoms with Crippen LogP contribution >= 0.6 is 11.6 Å². The number of benzene rings is 1. The van der Waals surface area contributed by atoms with Crippen LogP contribution in [0.2, 0.25) is 5.02 Å². The van der Waals surface area contributed by atoms with Gasteiger partial charge in [0.25, 0.3) is 0 Å². The number of hydrogen-bond acceptors (Lipinski definition) is 3. The van der Waals surface area contributed by atoms with Crippen LogP contribution in [0.15, 0.2) is 12.1 Å². The third-order valence-corrected chi connectivity index (χ3v) is 2.25. The van der Waals surface area contributed by atoms with Crippen LogP contribution in [0.5, 0.6) is 5.75 Å². The van der Waals surface area contributed by atoms with Crippen LogP contribution in [0, 0.1) is 0 Å². The molecule has 0 unspecified atom stereocenters. The van der Waals surface area contributed by atoms with E-state index < -0.39 is 0 Å². The summed E-state index contributed by atoms with van der Waals surface area (Å²) in [6.45, 7) is 1.12. The molecular weight excluding hydrogens is 218 g/mol. The number of carbonyl (C=O) groups excluding carboxylic acids is 1. The highest BCUT2D eigenvalue weighted by Gasteiger charge is 2.13. The van der Waals surface area contributed by atoms with Crippen LogP contribution in [-0.2, 0) is 11.4 Å². The molecule has 0 aliphatic carbocycles. The van der Waals surface area contributed by atoms with Crippen molar-refractivity contribution >= 4 is 23.2 Å². The van der Waals surface area contributed by atoms with Gasteiger partial charge in [0, 0.05) is 17.5 Å². The molecule has 0 aliphatic heterocycles. The first-order valence-electron chi connectivity index (χ1n) is 4.34. The standard InChI is InChI=1S/C10H12ClNO3/c1-6(14)12-10-7(5-13)8(11)3-4-9(10)15-2/h3-4,13H,5H2,1-2H3,(H,12,14). The summed E-state index contributed by atoms with van der Waals surface area (Å²) in [6.07, 6.45) is 0. The van der Waals surface area contributed by atoms with Gasteiger partial charge in [-0.25, -0.2) is 0 Å². The lowest BCUT2D eigenvalue weighted by atomic mass is 10.1. The number of amides is 1. The van der Waals surface area contributed by atoms with E-state index in [-0.39, 0.29) is 12.5 Å². The van der Waals surface area contributed by atoms with E-state index in [2.05, 4.69) is 5.32 Å². The molecule has 0 saturated heterocycles. The number of aliphatic hydroxyl groups excluding tert-OH is 1. The molecule has 1 aromatic carbocycles. The summed E-state index contributed by atoms with van der Waals surface area (Å²) in [5.74, 6) is 0.226. The van der Waals surface area contributed by atoms with E-state index in [1.165, 1.54) is 14.0 Å². The van der Waals surface area contributed by atoms with Gasteiger partial charge in [-0.2, -0.15) is 0 Å². The Balaban J connectivity index is 3.26. The van der Waals surface area contributed by atoms with E-state index in [1.807, 2.05) is 0 Å². The summed E-state index contributed by atoms with van der Waals surface area (Å²) in [5.41, 5.74) is 0.867. The fraction of sp³-hybridized carbons (Fsp3) is 0.300. The third kappa shape index (κ3) is 2.61. The lowest BCUT2D eigenvalue weighted by Gasteiger charge is -2.13. The minimum Gasteiger partial charge on any atom is -0.495 e.